The smallest absolute Gasteiger partial charge is 0.255 e. The maximum Gasteiger partial charge on any atom is 0.255 e. The Morgan fingerprint density at radius 1 is 0.795 bits per heavy atom. The molecule has 2 unspecified atom stereocenters. The molecule has 4 aromatic rings. The van der Waals surface area contributed by atoms with Crippen molar-refractivity contribution in [2.75, 3.05) is 18.4 Å². The highest BCUT2D eigenvalue weighted by molar-refractivity contribution is 6.04. The lowest BCUT2D eigenvalue weighted by Crippen LogP contribution is -2.31. The molecule has 8 heteroatoms. The molecular weight excluding hydrogens is 486 g/mol. The molecular formula is C31H41N7O. The van der Waals surface area contributed by atoms with E-state index < -0.39 is 0 Å². The van der Waals surface area contributed by atoms with Crippen molar-refractivity contribution >= 4 is 11.6 Å². The number of carbonyl (C=O) groups excluding carboxylic acids is 1. The van der Waals surface area contributed by atoms with Crippen molar-refractivity contribution in [3.63, 3.8) is 0 Å². The fourth-order valence-electron chi connectivity index (χ4n) is 4.96. The van der Waals surface area contributed by atoms with E-state index >= 15 is 0 Å². The second-order valence-corrected chi connectivity index (χ2v) is 10.1. The summed E-state index contributed by atoms with van der Waals surface area (Å²) in [5.74, 6) is 1.69. The van der Waals surface area contributed by atoms with Crippen molar-refractivity contribution in [3.05, 3.63) is 102 Å². The summed E-state index contributed by atoms with van der Waals surface area (Å²) in [7, 11) is 0. The number of anilines is 1. The van der Waals surface area contributed by atoms with Crippen molar-refractivity contribution in [1.29, 1.82) is 0 Å². The monoisotopic (exact) mass is 527 g/mol. The molecule has 206 valence electrons. The lowest BCUT2D eigenvalue weighted by molar-refractivity contribution is 0.102. The molecule has 0 saturated carbocycles. The van der Waals surface area contributed by atoms with Gasteiger partial charge in [0, 0.05) is 49.1 Å². The van der Waals surface area contributed by atoms with Gasteiger partial charge in [-0.15, -0.1) is 0 Å². The minimum atomic E-state index is -0.113. The maximum absolute atomic E-state index is 13.0. The number of nitrogens with one attached hydrogen (secondary N) is 3. The Morgan fingerprint density at radius 2 is 1.31 bits per heavy atom. The normalized spacial score (nSPS) is 13.1. The number of carbonyl (C=O) groups is 1. The van der Waals surface area contributed by atoms with Gasteiger partial charge in [-0.1, -0.05) is 38.1 Å². The number of H-pyrrole nitrogens is 2. The van der Waals surface area contributed by atoms with Crippen LogP contribution >= 0.6 is 0 Å². The zero-order valence-electron chi connectivity index (χ0n) is 23.5. The van der Waals surface area contributed by atoms with Crippen LogP contribution in [-0.4, -0.2) is 48.7 Å². The fraction of sp³-hybridized carbons (Fsp3) is 0.387. The summed E-state index contributed by atoms with van der Waals surface area (Å²) in [6.45, 7) is 12.5. The zero-order valence-corrected chi connectivity index (χ0v) is 23.5. The maximum atomic E-state index is 13.0. The predicted octanol–water partition coefficient (Wildman–Crippen LogP) is 6.33. The Bertz CT molecular complexity index is 1210. The van der Waals surface area contributed by atoms with Gasteiger partial charge in [0.2, 0.25) is 0 Å². The minimum absolute atomic E-state index is 0.0436. The molecule has 0 fully saturated rings. The molecule has 0 aliphatic rings. The van der Waals surface area contributed by atoms with Gasteiger partial charge in [0.05, 0.1) is 12.1 Å². The summed E-state index contributed by atoms with van der Waals surface area (Å²) < 4.78 is 0. The van der Waals surface area contributed by atoms with E-state index in [4.69, 9.17) is 0 Å². The van der Waals surface area contributed by atoms with E-state index in [1.807, 2.05) is 48.8 Å². The molecule has 0 aliphatic heterocycles. The second-order valence-electron chi connectivity index (χ2n) is 10.1. The average molecular weight is 528 g/mol. The highest BCUT2D eigenvalue weighted by Gasteiger charge is 2.26. The van der Waals surface area contributed by atoms with Gasteiger partial charge in [-0.25, -0.2) is 9.97 Å². The Balaban J connectivity index is 1.39. The standard InChI is InChI=1S/C31H41N7O/c1-5-19-37(20-6-2)21-25-9-13-28(14-10-25)36-31(39)27-11-7-26(8-12-27)22-38(23(3)29-32-15-16-33-29)24(4)30-34-17-18-35-30/h7-18,23-24H,5-6,19-22H2,1-4H3,(H,32,33)(H,34,35)(H,36,39). The van der Waals surface area contributed by atoms with Crippen LogP contribution in [0, 0.1) is 0 Å². The third-order valence-electron chi connectivity index (χ3n) is 7.10. The topological polar surface area (TPSA) is 92.9 Å². The quantitative estimate of drug-likeness (QED) is 0.178. The van der Waals surface area contributed by atoms with Crippen LogP contribution in [0.2, 0.25) is 0 Å². The number of nitrogens with zero attached hydrogens (tertiary/aromatic N) is 4. The Kier molecular flexibility index (Phi) is 10.1. The van der Waals surface area contributed by atoms with Crippen LogP contribution in [0.5, 0.6) is 0 Å². The molecule has 0 saturated heterocycles. The molecule has 0 bridgehead atoms. The number of hydrogen-bond acceptors (Lipinski definition) is 5. The highest BCUT2D eigenvalue weighted by Crippen LogP contribution is 2.29. The number of rotatable bonds is 14. The molecule has 0 radical (unpaired) electrons. The number of aromatic nitrogens is 4. The summed E-state index contributed by atoms with van der Waals surface area (Å²) in [5, 5.41) is 3.04. The van der Waals surface area contributed by atoms with Gasteiger partial charge in [0.1, 0.15) is 11.6 Å². The van der Waals surface area contributed by atoms with E-state index in [1.165, 1.54) is 5.56 Å². The zero-order chi connectivity index (χ0) is 27.6. The summed E-state index contributed by atoms with van der Waals surface area (Å²) in [6, 6.07) is 16.1. The Morgan fingerprint density at radius 3 is 1.79 bits per heavy atom. The van der Waals surface area contributed by atoms with Crippen LogP contribution in [0.4, 0.5) is 5.69 Å². The first kappa shape index (κ1) is 28.3. The van der Waals surface area contributed by atoms with Crippen LogP contribution < -0.4 is 5.32 Å². The number of amides is 1. The molecule has 8 nitrogen and oxygen atoms in total. The largest absolute Gasteiger partial charge is 0.347 e. The molecule has 2 heterocycles. The van der Waals surface area contributed by atoms with Crippen LogP contribution in [0.15, 0.2) is 73.3 Å². The van der Waals surface area contributed by atoms with Crippen LogP contribution in [0.1, 0.15) is 85.8 Å². The SMILES string of the molecule is CCCN(CCC)Cc1ccc(NC(=O)c2ccc(CN(C(C)c3ncc[nH]3)C(C)c3ncc[nH]3)cc2)cc1. The Hall–Kier alpha value is -3.75. The van der Waals surface area contributed by atoms with Gasteiger partial charge in [0.15, 0.2) is 0 Å². The van der Waals surface area contributed by atoms with Gasteiger partial charge < -0.3 is 15.3 Å². The molecule has 3 N–H and O–H groups in total. The molecule has 2 atom stereocenters. The van der Waals surface area contributed by atoms with Crippen LogP contribution in [-0.2, 0) is 13.1 Å². The summed E-state index contributed by atoms with van der Waals surface area (Å²) in [5.41, 5.74) is 3.80. The lowest BCUT2D eigenvalue weighted by Gasteiger charge is -2.32. The van der Waals surface area contributed by atoms with Crippen molar-refractivity contribution in [2.45, 2.75) is 65.7 Å². The first-order valence-corrected chi connectivity index (χ1v) is 13.9. The summed E-state index contributed by atoms with van der Waals surface area (Å²) in [4.78, 5) is 33.2. The van der Waals surface area contributed by atoms with E-state index in [9.17, 15) is 4.79 Å². The third-order valence-corrected chi connectivity index (χ3v) is 7.10. The minimum Gasteiger partial charge on any atom is -0.347 e. The van der Waals surface area contributed by atoms with Crippen molar-refractivity contribution in [2.24, 2.45) is 0 Å². The number of imidazole rings is 2. The Labute approximate surface area is 231 Å². The molecule has 39 heavy (non-hydrogen) atoms. The second kappa shape index (κ2) is 13.9. The van der Waals surface area contributed by atoms with Crippen molar-refractivity contribution in [3.8, 4) is 0 Å². The van der Waals surface area contributed by atoms with Gasteiger partial charge in [-0.05, 0) is 75.2 Å². The lowest BCUT2D eigenvalue weighted by atomic mass is 10.1. The van der Waals surface area contributed by atoms with Crippen molar-refractivity contribution in [1.82, 2.24) is 29.7 Å². The van der Waals surface area contributed by atoms with Gasteiger partial charge in [-0.2, -0.15) is 0 Å². The van der Waals surface area contributed by atoms with E-state index in [2.05, 4.69) is 74.9 Å². The number of aromatic amines is 2. The van der Waals surface area contributed by atoms with Crippen LogP contribution in [0.25, 0.3) is 0 Å². The predicted molar refractivity (Wildman–Crippen MR) is 156 cm³/mol. The van der Waals surface area contributed by atoms with Gasteiger partial charge in [0.25, 0.3) is 5.91 Å². The van der Waals surface area contributed by atoms with E-state index in [0.29, 0.717) is 12.1 Å². The third kappa shape index (κ3) is 7.65. The number of hydrogen-bond donors (Lipinski definition) is 3. The molecule has 2 aromatic heterocycles. The molecule has 4 rings (SSSR count). The first-order chi connectivity index (χ1) is 19.0. The van der Waals surface area contributed by atoms with E-state index in [0.717, 1.165) is 55.4 Å². The average Bonchev–Trinajstić information content (AvgIpc) is 3.68. The molecule has 0 aliphatic carbocycles. The first-order valence-electron chi connectivity index (χ1n) is 13.9. The number of benzene rings is 2. The fourth-order valence-corrected chi connectivity index (χ4v) is 4.96. The van der Waals surface area contributed by atoms with Gasteiger partial charge in [-0.3, -0.25) is 14.6 Å². The van der Waals surface area contributed by atoms with E-state index in [-0.39, 0.29) is 18.0 Å². The van der Waals surface area contributed by atoms with Crippen molar-refractivity contribution < 1.29 is 4.79 Å². The molecule has 1 amide bonds. The molecule has 2 aromatic carbocycles. The van der Waals surface area contributed by atoms with Crippen LogP contribution in [0.3, 0.4) is 0 Å². The molecule has 0 spiro atoms. The summed E-state index contributed by atoms with van der Waals surface area (Å²) in [6.07, 6.45) is 9.53. The van der Waals surface area contributed by atoms with E-state index in [1.54, 1.807) is 12.4 Å². The highest BCUT2D eigenvalue weighted by atomic mass is 16.1. The van der Waals surface area contributed by atoms with Gasteiger partial charge >= 0.3 is 0 Å². The summed E-state index contributed by atoms with van der Waals surface area (Å²) >= 11 is 0.